The van der Waals surface area contributed by atoms with Gasteiger partial charge in [-0.3, -0.25) is 10.1 Å². The van der Waals surface area contributed by atoms with E-state index in [-0.39, 0.29) is 10.6 Å². The van der Waals surface area contributed by atoms with Crippen LogP contribution in [-0.4, -0.2) is 38.2 Å². The highest BCUT2D eigenvalue weighted by Gasteiger charge is 2.29. The normalized spacial score (nSPS) is 20.2. The smallest absolute Gasteiger partial charge is 0.311 e. The molecule has 2 fully saturated rings. The van der Waals surface area contributed by atoms with Crippen molar-refractivity contribution in [1.82, 2.24) is 5.32 Å². The number of ether oxygens (including phenoxy) is 1. The maximum absolute atomic E-state index is 11.1. The fraction of sp³-hybridized carbons (Fsp3) is 0.667. The standard InChI is InChI=1S/C18H27N3O3/c1-13-11-17(21(22)23)18(24-2)12-16(13)20-9-5-15(6-10-20)14-3-7-19-8-4-14/h11-12,14-15,19H,3-10H2,1-2H3. The summed E-state index contributed by atoms with van der Waals surface area (Å²) in [5, 5.41) is 14.6. The van der Waals surface area contributed by atoms with Gasteiger partial charge in [0.25, 0.3) is 0 Å². The number of benzene rings is 1. The number of hydrogen-bond donors (Lipinski definition) is 1. The lowest BCUT2D eigenvalue weighted by molar-refractivity contribution is -0.385. The molecule has 2 saturated heterocycles. The van der Waals surface area contributed by atoms with Crippen LogP contribution in [0.15, 0.2) is 12.1 Å². The quantitative estimate of drug-likeness (QED) is 0.677. The summed E-state index contributed by atoms with van der Waals surface area (Å²) in [4.78, 5) is 13.1. The van der Waals surface area contributed by atoms with E-state index < -0.39 is 0 Å². The second kappa shape index (κ2) is 7.38. The van der Waals surface area contributed by atoms with Gasteiger partial charge in [0.15, 0.2) is 5.75 Å². The van der Waals surface area contributed by atoms with Crippen molar-refractivity contribution in [3.63, 3.8) is 0 Å². The number of nitro groups is 1. The second-order valence-corrected chi connectivity index (χ2v) is 6.98. The first-order valence-electron chi connectivity index (χ1n) is 8.89. The molecule has 132 valence electrons. The van der Waals surface area contributed by atoms with Crippen molar-refractivity contribution >= 4 is 11.4 Å². The van der Waals surface area contributed by atoms with Gasteiger partial charge in [-0.25, -0.2) is 0 Å². The third-order valence-corrected chi connectivity index (χ3v) is 5.62. The zero-order chi connectivity index (χ0) is 17.1. The zero-order valence-electron chi connectivity index (χ0n) is 14.6. The molecule has 2 heterocycles. The zero-order valence-corrected chi connectivity index (χ0v) is 14.6. The largest absolute Gasteiger partial charge is 0.490 e. The number of aryl methyl sites for hydroxylation is 1. The molecule has 1 aromatic rings. The lowest BCUT2D eigenvalue weighted by Crippen LogP contribution is -2.39. The highest BCUT2D eigenvalue weighted by molar-refractivity contribution is 5.64. The van der Waals surface area contributed by atoms with Gasteiger partial charge in [-0.15, -0.1) is 0 Å². The Morgan fingerprint density at radius 3 is 2.38 bits per heavy atom. The molecule has 3 rings (SSSR count). The van der Waals surface area contributed by atoms with Gasteiger partial charge in [-0.05, 0) is 63.1 Å². The van der Waals surface area contributed by atoms with Crippen molar-refractivity contribution < 1.29 is 9.66 Å². The van der Waals surface area contributed by atoms with E-state index in [1.807, 2.05) is 13.0 Å². The summed E-state index contributed by atoms with van der Waals surface area (Å²) in [6, 6.07) is 3.46. The molecule has 6 nitrogen and oxygen atoms in total. The summed E-state index contributed by atoms with van der Waals surface area (Å²) in [7, 11) is 1.49. The number of rotatable bonds is 4. The van der Waals surface area contributed by atoms with Crippen molar-refractivity contribution in [3.05, 3.63) is 27.8 Å². The summed E-state index contributed by atoms with van der Waals surface area (Å²) >= 11 is 0. The van der Waals surface area contributed by atoms with Crippen LogP contribution in [0.4, 0.5) is 11.4 Å². The van der Waals surface area contributed by atoms with Crippen molar-refractivity contribution in [2.24, 2.45) is 11.8 Å². The molecule has 1 aromatic carbocycles. The molecule has 0 radical (unpaired) electrons. The minimum atomic E-state index is -0.376. The molecule has 24 heavy (non-hydrogen) atoms. The molecule has 0 bridgehead atoms. The molecule has 1 N–H and O–H groups in total. The summed E-state index contributed by atoms with van der Waals surface area (Å²) in [5.41, 5.74) is 2.06. The Bertz CT molecular complexity index is 591. The molecule has 6 heteroatoms. The molecular formula is C18H27N3O3. The molecule has 0 amide bonds. The summed E-state index contributed by atoms with van der Waals surface area (Å²) in [5.74, 6) is 2.03. The molecule has 0 unspecified atom stereocenters. The predicted octanol–water partition coefficient (Wildman–Crippen LogP) is 3.13. The van der Waals surface area contributed by atoms with Crippen molar-refractivity contribution in [1.29, 1.82) is 0 Å². The predicted molar refractivity (Wildman–Crippen MR) is 94.9 cm³/mol. The van der Waals surface area contributed by atoms with Gasteiger partial charge in [0.1, 0.15) is 0 Å². The molecule has 0 aliphatic carbocycles. The van der Waals surface area contributed by atoms with E-state index in [1.165, 1.54) is 32.8 Å². The maximum Gasteiger partial charge on any atom is 0.311 e. The van der Waals surface area contributed by atoms with Gasteiger partial charge in [0, 0.05) is 30.9 Å². The lowest BCUT2D eigenvalue weighted by atomic mass is 9.79. The average molecular weight is 333 g/mol. The van der Waals surface area contributed by atoms with Crippen LogP contribution in [-0.2, 0) is 0 Å². The number of nitro benzene ring substituents is 1. The highest BCUT2D eigenvalue weighted by Crippen LogP contribution is 2.37. The maximum atomic E-state index is 11.1. The monoisotopic (exact) mass is 333 g/mol. The van der Waals surface area contributed by atoms with Crippen LogP contribution in [0, 0.1) is 28.9 Å². The number of methoxy groups -OCH3 is 1. The summed E-state index contributed by atoms with van der Waals surface area (Å²) < 4.78 is 5.23. The fourth-order valence-corrected chi connectivity index (χ4v) is 4.24. The van der Waals surface area contributed by atoms with Crippen molar-refractivity contribution in [2.75, 3.05) is 38.2 Å². The van der Waals surface area contributed by atoms with Crippen LogP contribution < -0.4 is 15.0 Å². The molecular weight excluding hydrogens is 306 g/mol. The Balaban J connectivity index is 1.70. The van der Waals surface area contributed by atoms with E-state index in [4.69, 9.17) is 4.74 Å². The molecule has 0 aromatic heterocycles. The van der Waals surface area contributed by atoms with E-state index in [0.29, 0.717) is 5.75 Å². The number of nitrogens with one attached hydrogen (secondary N) is 1. The fourth-order valence-electron chi connectivity index (χ4n) is 4.24. The van der Waals surface area contributed by atoms with Gasteiger partial charge in [-0.2, -0.15) is 0 Å². The van der Waals surface area contributed by atoms with Crippen LogP contribution >= 0.6 is 0 Å². The second-order valence-electron chi connectivity index (χ2n) is 6.98. The van der Waals surface area contributed by atoms with Crippen LogP contribution in [0.25, 0.3) is 0 Å². The van der Waals surface area contributed by atoms with Crippen LogP contribution in [0.3, 0.4) is 0 Å². The van der Waals surface area contributed by atoms with Gasteiger partial charge in [0.05, 0.1) is 12.0 Å². The minimum Gasteiger partial charge on any atom is -0.490 e. The topological polar surface area (TPSA) is 67.6 Å². The van der Waals surface area contributed by atoms with E-state index in [2.05, 4.69) is 10.2 Å². The molecule has 2 aliphatic heterocycles. The van der Waals surface area contributed by atoms with E-state index >= 15 is 0 Å². The van der Waals surface area contributed by atoms with Gasteiger partial charge < -0.3 is 15.0 Å². The highest BCUT2D eigenvalue weighted by atomic mass is 16.6. The number of nitrogens with zero attached hydrogens (tertiary/aromatic N) is 2. The van der Waals surface area contributed by atoms with Crippen LogP contribution in [0.5, 0.6) is 5.75 Å². The third kappa shape index (κ3) is 3.48. The Labute approximate surface area is 143 Å². The van der Waals surface area contributed by atoms with Crippen molar-refractivity contribution in [3.8, 4) is 5.75 Å². The van der Waals surface area contributed by atoms with Gasteiger partial charge >= 0.3 is 5.69 Å². The number of anilines is 1. The Morgan fingerprint density at radius 1 is 1.17 bits per heavy atom. The molecule has 2 aliphatic rings. The van der Waals surface area contributed by atoms with Crippen LogP contribution in [0.2, 0.25) is 0 Å². The number of piperidine rings is 2. The SMILES string of the molecule is COc1cc(N2CCC(C3CCNCC3)CC2)c(C)cc1[N+](=O)[O-]. The third-order valence-electron chi connectivity index (χ3n) is 5.62. The van der Waals surface area contributed by atoms with E-state index in [0.717, 1.165) is 49.3 Å². The van der Waals surface area contributed by atoms with Gasteiger partial charge in [0.2, 0.25) is 0 Å². The Hall–Kier alpha value is -1.82. The number of hydrogen-bond acceptors (Lipinski definition) is 5. The van der Waals surface area contributed by atoms with Gasteiger partial charge in [-0.1, -0.05) is 0 Å². The first kappa shape index (κ1) is 17.0. The summed E-state index contributed by atoms with van der Waals surface area (Å²) in [6.07, 6.45) is 5.02. The molecule has 0 saturated carbocycles. The average Bonchev–Trinajstić information content (AvgIpc) is 2.62. The van der Waals surface area contributed by atoms with Crippen molar-refractivity contribution in [2.45, 2.75) is 32.6 Å². The Kier molecular flexibility index (Phi) is 5.23. The summed E-state index contributed by atoms with van der Waals surface area (Å²) in [6.45, 7) is 6.31. The van der Waals surface area contributed by atoms with E-state index in [9.17, 15) is 10.1 Å². The Morgan fingerprint density at radius 2 is 1.79 bits per heavy atom. The van der Waals surface area contributed by atoms with Crippen LogP contribution in [0.1, 0.15) is 31.2 Å². The van der Waals surface area contributed by atoms with E-state index in [1.54, 1.807) is 6.07 Å². The minimum absolute atomic E-state index is 0.0448. The lowest BCUT2D eigenvalue weighted by Gasteiger charge is -2.39. The molecule has 0 spiro atoms. The first-order valence-corrected chi connectivity index (χ1v) is 8.89. The molecule has 0 atom stereocenters. The first-order chi connectivity index (χ1) is 11.6.